The van der Waals surface area contributed by atoms with Crippen LogP contribution in [-0.4, -0.2) is 55.5 Å². The summed E-state index contributed by atoms with van der Waals surface area (Å²) in [6.07, 6.45) is 9.18. The number of carbonyl (C=O) groups excluding carboxylic acids is 1. The smallest absolute Gasteiger partial charge is 0.407 e. The molecule has 0 bridgehead atoms. The third-order valence-electron chi connectivity index (χ3n) is 7.34. The summed E-state index contributed by atoms with van der Waals surface area (Å²) in [7, 11) is 1.86. The zero-order valence-electron chi connectivity index (χ0n) is 18.4. The summed E-state index contributed by atoms with van der Waals surface area (Å²) >= 11 is 0. The summed E-state index contributed by atoms with van der Waals surface area (Å²) in [5.74, 6) is 1.57. The number of ether oxygens (including phenoxy) is 2. The van der Waals surface area contributed by atoms with Crippen molar-refractivity contribution in [2.24, 2.45) is 16.3 Å². The van der Waals surface area contributed by atoms with Gasteiger partial charge in [-0.2, -0.15) is 0 Å². The van der Waals surface area contributed by atoms with Gasteiger partial charge in [-0.05, 0) is 65.7 Å². The van der Waals surface area contributed by atoms with Crippen LogP contribution in [0.5, 0.6) is 0 Å². The van der Waals surface area contributed by atoms with Gasteiger partial charge < -0.3 is 25.4 Å². The summed E-state index contributed by atoms with van der Waals surface area (Å²) in [6.45, 7) is 6.58. The molecule has 1 aliphatic heterocycles. The lowest BCUT2D eigenvalue weighted by molar-refractivity contribution is -0.171. The van der Waals surface area contributed by atoms with Gasteiger partial charge in [-0.25, -0.2) is 4.79 Å². The molecule has 0 radical (unpaired) electrons. The van der Waals surface area contributed by atoms with E-state index < -0.39 is 5.60 Å². The van der Waals surface area contributed by atoms with Crippen LogP contribution in [0.15, 0.2) is 4.99 Å². The van der Waals surface area contributed by atoms with Gasteiger partial charge in [0.15, 0.2) is 5.96 Å². The molecule has 4 aliphatic rings. The Morgan fingerprint density at radius 2 is 1.69 bits per heavy atom. The van der Waals surface area contributed by atoms with E-state index in [1.165, 1.54) is 25.7 Å². The third-order valence-corrected chi connectivity index (χ3v) is 7.34. The number of nitrogens with one attached hydrogen (secondary N) is 3. The highest BCUT2D eigenvalue weighted by Gasteiger charge is 2.66. The quantitative estimate of drug-likeness (QED) is 0.496. The number of hydrogen-bond acceptors (Lipinski definition) is 4. The van der Waals surface area contributed by atoms with Crippen molar-refractivity contribution >= 4 is 12.1 Å². The minimum absolute atomic E-state index is 0.194. The van der Waals surface area contributed by atoms with E-state index >= 15 is 0 Å². The molecule has 1 amide bonds. The first-order valence-electron chi connectivity index (χ1n) is 11.4. The molecule has 4 rings (SSSR count). The van der Waals surface area contributed by atoms with Gasteiger partial charge in [0.05, 0.1) is 6.10 Å². The van der Waals surface area contributed by atoms with E-state index in [0.717, 1.165) is 38.2 Å². The molecule has 29 heavy (non-hydrogen) atoms. The maximum Gasteiger partial charge on any atom is 0.407 e. The highest BCUT2D eigenvalue weighted by atomic mass is 16.6. The summed E-state index contributed by atoms with van der Waals surface area (Å²) in [6, 6.07) is 1.09. The van der Waals surface area contributed by atoms with Gasteiger partial charge in [-0.15, -0.1) is 0 Å². The number of guanidine groups is 1. The molecule has 1 heterocycles. The van der Waals surface area contributed by atoms with E-state index in [9.17, 15) is 4.79 Å². The monoisotopic (exact) mass is 406 g/mol. The van der Waals surface area contributed by atoms with E-state index in [1.54, 1.807) is 0 Å². The van der Waals surface area contributed by atoms with Crippen molar-refractivity contribution in [3.05, 3.63) is 0 Å². The van der Waals surface area contributed by atoms with E-state index in [1.807, 2.05) is 27.8 Å². The molecule has 7 heteroatoms. The summed E-state index contributed by atoms with van der Waals surface area (Å²) < 4.78 is 11.4. The maximum absolute atomic E-state index is 12.0. The number of amides is 1. The second-order valence-electron chi connectivity index (χ2n) is 10.4. The molecule has 3 saturated carbocycles. The number of aliphatic imine (C=N–C) groups is 1. The van der Waals surface area contributed by atoms with Crippen LogP contribution in [0.2, 0.25) is 0 Å². The van der Waals surface area contributed by atoms with Crippen LogP contribution >= 0.6 is 0 Å². The SMILES string of the molecule is CN=C(NC1CCC(NC(=O)OC(C)(C)C)CC1)NC1C2CCOC2C12CCC2. The summed E-state index contributed by atoms with van der Waals surface area (Å²) in [4.78, 5) is 16.5. The Balaban J connectivity index is 1.23. The van der Waals surface area contributed by atoms with Crippen molar-refractivity contribution in [1.29, 1.82) is 0 Å². The minimum Gasteiger partial charge on any atom is -0.444 e. The highest BCUT2D eigenvalue weighted by Crippen LogP contribution is 2.62. The molecule has 7 nitrogen and oxygen atoms in total. The van der Waals surface area contributed by atoms with Crippen LogP contribution in [0.1, 0.15) is 72.1 Å². The zero-order chi connectivity index (χ0) is 20.6. The first kappa shape index (κ1) is 20.8. The van der Waals surface area contributed by atoms with E-state index in [2.05, 4.69) is 20.9 Å². The molecule has 0 aromatic carbocycles. The number of nitrogens with zero attached hydrogens (tertiary/aromatic N) is 1. The fraction of sp³-hybridized carbons (Fsp3) is 0.909. The normalized spacial score (nSPS) is 35.9. The second-order valence-corrected chi connectivity index (χ2v) is 10.4. The second kappa shape index (κ2) is 7.97. The zero-order valence-corrected chi connectivity index (χ0v) is 18.4. The number of carbonyl (C=O) groups is 1. The first-order valence-corrected chi connectivity index (χ1v) is 11.4. The number of hydrogen-bond donors (Lipinski definition) is 3. The molecular formula is C22H38N4O3. The molecule has 3 unspecified atom stereocenters. The summed E-state index contributed by atoms with van der Waals surface area (Å²) in [5, 5.41) is 10.4. The lowest BCUT2D eigenvalue weighted by Crippen LogP contribution is -2.72. The number of fused-ring (bicyclic) bond motifs is 2. The Bertz CT molecular complexity index is 632. The molecule has 3 atom stereocenters. The highest BCUT2D eigenvalue weighted by molar-refractivity contribution is 5.80. The fourth-order valence-electron chi connectivity index (χ4n) is 5.82. The Morgan fingerprint density at radius 1 is 1.03 bits per heavy atom. The predicted octanol–water partition coefficient (Wildman–Crippen LogP) is 2.94. The van der Waals surface area contributed by atoms with Crippen LogP contribution in [0, 0.1) is 11.3 Å². The van der Waals surface area contributed by atoms with Crippen LogP contribution in [0.4, 0.5) is 4.79 Å². The average molecular weight is 407 g/mol. The topological polar surface area (TPSA) is 84.0 Å². The van der Waals surface area contributed by atoms with E-state index in [4.69, 9.17) is 9.47 Å². The van der Waals surface area contributed by atoms with Crippen molar-refractivity contribution in [2.75, 3.05) is 13.7 Å². The minimum atomic E-state index is -0.455. The molecule has 3 N–H and O–H groups in total. The third kappa shape index (κ3) is 4.21. The van der Waals surface area contributed by atoms with E-state index in [-0.39, 0.29) is 12.1 Å². The van der Waals surface area contributed by atoms with Gasteiger partial charge in [0, 0.05) is 43.1 Å². The molecule has 3 aliphatic carbocycles. The Morgan fingerprint density at radius 3 is 2.24 bits per heavy atom. The molecule has 4 fully saturated rings. The predicted molar refractivity (Wildman–Crippen MR) is 113 cm³/mol. The lowest BCUT2D eigenvalue weighted by Gasteiger charge is -2.63. The fourth-order valence-corrected chi connectivity index (χ4v) is 5.82. The van der Waals surface area contributed by atoms with Crippen LogP contribution in [-0.2, 0) is 9.47 Å². The summed E-state index contributed by atoms with van der Waals surface area (Å²) in [5.41, 5.74) is -0.0997. The molecular weight excluding hydrogens is 368 g/mol. The standard InChI is InChI=1S/C22H38N4O3/c1-21(2,3)29-20(27)25-15-8-6-14(7-9-15)24-19(23-4)26-17-16-10-13-28-18(16)22(17)11-5-12-22/h14-18H,5-13H2,1-4H3,(H,25,27)(H2,23,24,26). The van der Waals surface area contributed by atoms with Gasteiger partial charge in [-0.1, -0.05) is 6.42 Å². The van der Waals surface area contributed by atoms with Crippen molar-refractivity contribution in [1.82, 2.24) is 16.0 Å². The van der Waals surface area contributed by atoms with Crippen LogP contribution in [0.3, 0.4) is 0 Å². The van der Waals surface area contributed by atoms with Crippen molar-refractivity contribution in [3.8, 4) is 0 Å². The molecule has 164 valence electrons. The maximum atomic E-state index is 12.0. The van der Waals surface area contributed by atoms with E-state index in [0.29, 0.717) is 29.5 Å². The van der Waals surface area contributed by atoms with Crippen molar-refractivity contribution in [2.45, 2.75) is 102 Å². The van der Waals surface area contributed by atoms with Gasteiger partial charge >= 0.3 is 6.09 Å². The van der Waals surface area contributed by atoms with Crippen molar-refractivity contribution in [3.63, 3.8) is 0 Å². The van der Waals surface area contributed by atoms with Crippen LogP contribution in [0.25, 0.3) is 0 Å². The Kier molecular flexibility index (Phi) is 5.70. The molecule has 1 spiro atoms. The van der Waals surface area contributed by atoms with Gasteiger partial charge in [0.1, 0.15) is 5.60 Å². The van der Waals surface area contributed by atoms with Gasteiger partial charge in [0.25, 0.3) is 0 Å². The molecule has 0 aromatic heterocycles. The molecule has 1 saturated heterocycles. The largest absolute Gasteiger partial charge is 0.444 e. The molecule has 0 aromatic rings. The number of alkyl carbamates (subject to hydrolysis) is 1. The first-order chi connectivity index (χ1) is 13.8. The van der Waals surface area contributed by atoms with Gasteiger partial charge in [-0.3, -0.25) is 4.99 Å². The van der Waals surface area contributed by atoms with Crippen LogP contribution < -0.4 is 16.0 Å². The lowest BCUT2D eigenvalue weighted by atomic mass is 9.46. The Labute approximate surface area is 174 Å². The average Bonchev–Trinajstić information content (AvgIpc) is 3.02. The Hall–Kier alpha value is -1.50. The van der Waals surface area contributed by atoms with Crippen molar-refractivity contribution < 1.29 is 14.3 Å². The van der Waals surface area contributed by atoms with Gasteiger partial charge in [0.2, 0.25) is 0 Å². The number of rotatable bonds is 3.